The van der Waals surface area contributed by atoms with E-state index in [2.05, 4.69) is 29.7 Å². The van der Waals surface area contributed by atoms with Gasteiger partial charge < -0.3 is 15.1 Å². The predicted molar refractivity (Wildman–Crippen MR) is 76.7 cm³/mol. The van der Waals surface area contributed by atoms with E-state index in [0.717, 1.165) is 41.8 Å². The van der Waals surface area contributed by atoms with Crippen molar-refractivity contribution in [2.24, 2.45) is 0 Å². The average molecular weight is 270 g/mol. The summed E-state index contributed by atoms with van der Waals surface area (Å²) < 4.78 is 5.18. The van der Waals surface area contributed by atoms with E-state index in [1.165, 1.54) is 0 Å². The Bertz CT molecular complexity index is 605. The van der Waals surface area contributed by atoms with Crippen LogP contribution in [-0.4, -0.2) is 19.0 Å². The molecule has 1 atom stereocenters. The molecule has 1 aliphatic rings. The quantitative estimate of drug-likeness (QED) is 0.896. The zero-order valence-corrected chi connectivity index (χ0v) is 11.5. The molecule has 104 valence electrons. The minimum atomic E-state index is 0.0237. The number of hydrogen-bond donors (Lipinski definition) is 2. The van der Waals surface area contributed by atoms with Gasteiger partial charge in [0.2, 0.25) is 0 Å². The van der Waals surface area contributed by atoms with Gasteiger partial charge in [-0.1, -0.05) is 19.1 Å². The molecule has 1 amide bonds. The summed E-state index contributed by atoms with van der Waals surface area (Å²) in [4.78, 5) is 12.0. The molecule has 1 unspecified atom stereocenters. The molecule has 0 saturated carbocycles. The smallest absolute Gasteiger partial charge is 0.251 e. The lowest BCUT2D eigenvalue weighted by Gasteiger charge is -2.21. The van der Waals surface area contributed by atoms with Crippen LogP contribution in [0.25, 0.3) is 0 Å². The van der Waals surface area contributed by atoms with Gasteiger partial charge in [-0.05, 0) is 36.2 Å². The first kappa shape index (κ1) is 12.9. The third kappa shape index (κ3) is 2.34. The number of rotatable bonds is 4. The Morgan fingerprint density at radius 3 is 3.00 bits per heavy atom. The fraction of sp³-hybridized carbons (Fsp3) is 0.312. The van der Waals surface area contributed by atoms with Gasteiger partial charge in [0, 0.05) is 17.7 Å². The van der Waals surface area contributed by atoms with Gasteiger partial charge >= 0.3 is 0 Å². The number of benzene rings is 1. The highest BCUT2D eigenvalue weighted by atomic mass is 16.3. The summed E-state index contributed by atoms with van der Waals surface area (Å²) in [6, 6.07) is 8.15. The number of fused-ring (bicyclic) bond motifs is 1. The van der Waals surface area contributed by atoms with E-state index >= 15 is 0 Å². The number of furan rings is 1. The van der Waals surface area contributed by atoms with Gasteiger partial charge in [-0.3, -0.25) is 4.79 Å². The lowest BCUT2D eigenvalue weighted by Crippen LogP contribution is -2.32. The minimum absolute atomic E-state index is 0.0237. The van der Waals surface area contributed by atoms with Crippen molar-refractivity contribution in [3.05, 3.63) is 59.0 Å². The lowest BCUT2D eigenvalue weighted by atomic mass is 9.93. The van der Waals surface area contributed by atoms with Crippen molar-refractivity contribution in [3.63, 3.8) is 0 Å². The minimum Gasteiger partial charge on any atom is -0.472 e. The summed E-state index contributed by atoms with van der Waals surface area (Å²) in [6.45, 7) is 3.64. The molecule has 0 bridgehead atoms. The molecule has 1 aliphatic heterocycles. The van der Waals surface area contributed by atoms with Crippen molar-refractivity contribution < 1.29 is 9.21 Å². The SMILES string of the molecule is CCNC(c1ccoc1)c1ccc2c(c1)C(=O)NCC2. The summed E-state index contributed by atoms with van der Waals surface area (Å²) in [5.74, 6) is 0.0237. The third-order valence-corrected chi connectivity index (χ3v) is 3.68. The van der Waals surface area contributed by atoms with E-state index in [0.29, 0.717) is 0 Å². The summed E-state index contributed by atoms with van der Waals surface area (Å²) >= 11 is 0. The topological polar surface area (TPSA) is 54.3 Å². The highest BCUT2D eigenvalue weighted by molar-refractivity contribution is 5.96. The first-order chi connectivity index (χ1) is 9.79. The molecule has 20 heavy (non-hydrogen) atoms. The van der Waals surface area contributed by atoms with E-state index in [1.807, 2.05) is 12.1 Å². The zero-order valence-electron chi connectivity index (χ0n) is 11.5. The van der Waals surface area contributed by atoms with Crippen molar-refractivity contribution in [1.29, 1.82) is 0 Å². The van der Waals surface area contributed by atoms with E-state index in [4.69, 9.17) is 4.42 Å². The fourth-order valence-corrected chi connectivity index (χ4v) is 2.68. The monoisotopic (exact) mass is 270 g/mol. The Morgan fingerprint density at radius 2 is 2.25 bits per heavy atom. The van der Waals surface area contributed by atoms with Crippen LogP contribution >= 0.6 is 0 Å². The number of carbonyl (C=O) groups excluding carboxylic acids is 1. The standard InChI is InChI=1S/C16H18N2O2/c1-2-17-15(13-6-8-20-10-13)12-4-3-11-5-7-18-16(19)14(11)9-12/h3-4,6,8-10,15,17H,2,5,7H2,1H3,(H,18,19). The van der Waals surface area contributed by atoms with Crippen molar-refractivity contribution in [2.75, 3.05) is 13.1 Å². The molecule has 1 aromatic carbocycles. The molecular formula is C16H18N2O2. The second-order valence-corrected chi connectivity index (χ2v) is 4.97. The Labute approximate surface area is 118 Å². The lowest BCUT2D eigenvalue weighted by molar-refractivity contribution is 0.0946. The Kier molecular flexibility index (Phi) is 3.56. The molecule has 2 N–H and O–H groups in total. The summed E-state index contributed by atoms with van der Waals surface area (Å²) in [5, 5.41) is 6.32. The number of hydrogen-bond acceptors (Lipinski definition) is 3. The summed E-state index contributed by atoms with van der Waals surface area (Å²) in [5.41, 5.74) is 4.08. The van der Waals surface area contributed by atoms with Crippen molar-refractivity contribution in [1.82, 2.24) is 10.6 Å². The molecule has 0 saturated heterocycles. The molecule has 0 fully saturated rings. The maximum Gasteiger partial charge on any atom is 0.251 e. The van der Waals surface area contributed by atoms with Crippen LogP contribution in [0.2, 0.25) is 0 Å². The maximum atomic E-state index is 12.0. The van der Waals surface area contributed by atoms with E-state index in [1.54, 1.807) is 12.5 Å². The van der Waals surface area contributed by atoms with E-state index < -0.39 is 0 Å². The van der Waals surface area contributed by atoms with Gasteiger partial charge in [0.05, 0.1) is 18.6 Å². The molecular weight excluding hydrogens is 252 g/mol. The summed E-state index contributed by atoms with van der Waals surface area (Å²) in [7, 11) is 0. The fourth-order valence-electron chi connectivity index (χ4n) is 2.68. The molecule has 0 spiro atoms. The highest BCUT2D eigenvalue weighted by Crippen LogP contribution is 2.25. The van der Waals surface area contributed by atoms with Crippen molar-refractivity contribution in [2.45, 2.75) is 19.4 Å². The van der Waals surface area contributed by atoms with E-state index in [9.17, 15) is 4.79 Å². The van der Waals surface area contributed by atoms with Crippen LogP contribution in [0.15, 0.2) is 41.2 Å². The second-order valence-electron chi connectivity index (χ2n) is 4.97. The summed E-state index contributed by atoms with van der Waals surface area (Å²) in [6.07, 6.45) is 4.32. The first-order valence-electron chi connectivity index (χ1n) is 6.96. The molecule has 1 aromatic heterocycles. The molecule has 4 heteroatoms. The first-order valence-corrected chi connectivity index (χ1v) is 6.96. The molecule has 0 radical (unpaired) electrons. The van der Waals surface area contributed by atoms with Gasteiger partial charge in [-0.2, -0.15) is 0 Å². The number of amides is 1. The van der Waals surface area contributed by atoms with Crippen LogP contribution < -0.4 is 10.6 Å². The molecule has 0 aliphatic carbocycles. The maximum absolute atomic E-state index is 12.0. The van der Waals surface area contributed by atoms with Gasteiger partial charge in [-0.25, -0.2) is 0 Å². The van der Waals surface area contributed by atoms with Crippen molar-refractivity contribution in [3.8, 4) is 0 Å². The van der Waals surface area contributed by atoms with Crippen LogP contribution in [0, 0.1) is 0 Å². The number of carbonyl (C=O) groups is 1. The Balaban J connectivity index is 1.99. The largest absolute Gasteiger partial charge is 0.472 e. The van der Waals surface area contributed by atoms with Gasteiger partial charge in [0.25, 0.3) is 5.91 Å². The molecule has 4 nitrogen and oxygen atoms in total. The van der Waals surface area contributed by atoms with Crippen molar-refractivity contribution >= 4 is 5.91 Å². The Morgan fingerprint density at radius 1 is 1.35 bits per heavy atom. The average Bonchev–Trinajstić information content (AvgIpc) is 2.99. The van der Waals surface area contributed by atoms with Gasteiger partial charge in [0.15, 0.2) is 0 Å². The van der Waals surface area contributed by atoms with Gasteiger partial charge in [-0.15, -0.1) is 0 Å². The Hall–Kier alpha value is -2.07. The van der Waals surface area contributed by atoms with Crippen LogP contribution in [0.4, 0.5) is 0 Å². The van der Waals surface area contributed by atoms with Gasteiger partial charge in [0.1, 0.15) is 0 Å². The van der Waals surface area contributed by atoms with E-state index in [-0.39, 0.29) is 11.9 Å². The third-order valence-electron chi connectivity index (χ3n) is 3.68. The van der Waals surface area contributed by atoms with Crippen LogP contribution in [0.3, 0.4) is 0 Å². The second kappa shape index (κ2) is 5.51. The number of nitrogens with one attached hydrogen (secondary N) is 2. The van der Waals surface area contributed by atoms with Crippen LogP contribution in [0.1, 0.15) is 40.0 Å². The van der Waals surface area contributed by atoms with Crippen LogP contribution in [-0.2, 0) is 6.42 Å². The molecule has 2 heterocycles. The zero-order chi connectivity index (χ0) is 13.9. The van der Waals surface area contributed by atoms with Crippen LogP contribution in [0.5, 0.6) is 0 Å². The molecule has 2 aromatic rings. The molecule has 3 rings (SSSR count). The normalized spacial score (nSPS) is 15.6. The highest BCUT2D eigenvalue weighted by Gasteiger charge is 2.20. The predicted octanol–water partition coefficient (Wildman–Crippen LogP) is 2.26.